The molecule has 20 heavy (non-hydrogen) atoms. The average Bonchev–Trinajstić information content (AvgIpc) is 2.41. The van der Waals surface area contributed by atoms with Crippen LogP contribution in [0.5, 0.6) is 0 Å². The Bertz CT molecular complexity index is 717. The van der Waals surface area contributed by atoms with E-state index in [0.29, 0.717) is 0 Å². The van der Waals surface area contributed by atoms with E-state index in [-0.39, 0.29) is 16.8 Å². The molecule has 2 rings (SSSR count). The van der Waals surface area contributed by atoms with E-state index in [4.69, 9.17) is 5.11 Å². The van der Waals surface area contributed by atoms with Crippen molar-refractivity contribution in [3.63, 3.8) is 0 Å². The first kappa shape index (κ1) is 14.3. The Balaban J connectivity index is 2.30. The van der Waals surface area contributed by atoms with Crippen LogP contribution in [0.2, 0.25) is 0 Å². The summed E-state index contributed by atoms with van der Waals surface area (Å²) in [5.74, 6) is -1.70. The molecule has 0 aliphatic rings. The van der Waals surface area contributed by atoms with Crippen molar-refractivity contribution in [2.24, 2.45) is 0 Å². The van der Waals surface area contributed by atoms with Crippen LogP contribution >= 0.6 is 22.6 Å². The van der Waals surface area contributed by atoms with E-state index >= 15 is 0 Å². The molecule has 0 bridgehead atoms. The second kappa shape index (κ2) is 5.87. The fourth-order valence-corrected chi connectivity index (χ4v) is 1.98. The standard InChI is InChI=1S/C13H8INO5/c14-8-2-3-10(9(5-8)13(18)19)15-12(17)7-1-4-11(16)20-6-7/h1-6H,(H,15,17)(H,18,19). The van der Waals surface area contributed by atoms with E-state index in [1.807, 2.05) is 22.6 Å². The summed E-state index contributed by atoms with van der Waals surface area (Å²) in [6, 6.07) is 7.04. The minimum atomic E-state index is -1.14. The van der Waals surface area contributed by atoms with Crippen molar-refractivity contribution in [1.29, 1.82) is 0 Å². The maximum absolute atomic E-state index is 11.9. The third-order valence-electron chi connectivity index (χ3n) is 2.42. The number of amides is 1. The molecule has 0 radical (unpaired) electrons. The molecule has 0 aliphatic heterocycles. The molecular weight excluding hydrogens is 377 g/mol. The van der Waals surface area contributed by atoms with Gasteiger partial charge in [0, 0.05) is 9.64 Å². The molecule has 1 aromatic carbocycles. The lowest BCUT2D eigenvalue weighted by molar-refractivity contribution is 0.0698. The van der Waals surface area contributed by atoms with Gasteiger partial charge in [0.25, 0.3) is 5.91 Å². The molecule has 2 N–H and O–H groups in total. The van der Waals surface area contributed by atoms with Crippen molar-refractivity contribution in [3.8, 4) is 0 Å². The van der Waals surface area contributed by atoms with Gasteiger partial charge in [0.1, 0.15) is 6.26 Å². The maximum Gasteiger partial charge on any atom is 0.337 e. The van der Waals surface area contributed by atoms with E-state index < -0.39 is 17.5 Å². The zero-order chi connectivity index (χ0) is 14.7. The number of carbonyl (C=O) groups is 2. The lowest BCUT2D eigenvalue weighted by atomic mass is 10.1. The summed E-state index contributed by atoms with van der Waals surface area (Å²) in [5.41, 5.74) is -0.279. The Morgan fingerprint density at radius 3 is 2.55 bits per heavy atom. The minimum Gasteiger partial charge on any atom is -0.478 e. The van der Waals surface area contributed by atoms with Crippen LogP contribution < -0.4 is 10.9 Å². The lowest BCUT2D eigenvalue weighted by Crippen LogP contribution is -2.15. The first-order valence-electron chi connectivity index (χ1n) is 5.40. The topological polar surface area (TPSA) is 96.6 Å². The van der Waals surface area contributed by atoms with E-state index in [1.54, 1.807) is 6.07 Å². The second-order valence-corrected chi connectivity index (χ2v) is 5.04. The number of hydrogen-bond donors (Lipinski definition) is 2. The van der Waals surface area contributed by atoms with Crippen molar-refractivity contribution in [2.45, 2.75) is 0 Å². The summed E-state index contributed by atoms with van der Waals surface area (Å²) in [6.45, 7) is 0. The smallest absolute Gasteiger partial charge is 0.337 e. The van der Waals surface area contributed by atoms with Gasteiger partial charge < -0.3 is 14.8 Å². The summed E-state index contributed by atoms with van der Waals surface area (Å²) in [5, 5.41) is 11.6. The van der Waals surface area contributed by atoms with Gasteiger partial charge in [0.05, 0.1) is 16.8 Å². The van der Waals surface area contributed by atoms with Crippen LogP contribution in [0.4, 0.5) is 5.69 Å². The molecule has 0 spiro atoms. The maximum atomic E-state index is 11.9. The van der Waals surface area contributed by atoms with Crippen LogP contribution in [-0.4, -0.2) is 17.0 Å². The molecule has 1 heterocycles. The molecule has 0 saturated heterocycles. The Labute approximate surface area is 126 Å². The molecule has 0 saturated carbocycles. The molecule has 0 aliphatic carbocycles. The van der Waals surface area contributed by atoms with E-state index in [1.165, 1.54) is 18.2 Å². The number of nitrogens with one attached hydrogen (secondary N) is 1. The molecule has 1 amide bonds. The predicted molar refractivity (Wildman–Crippen MR) is 79.0 cm³/mol. The number of carboxylic acid groups (broad SMARTS) is 1. The zero-order valence-electron chi connectivity index (χ0n) is 9.92. The number of carboxylic acids is 1. The van der Waals surface area contributed by atoms with Gasteiger partial charge in [0.15, 0.2) is 0 Å². The Morgan fingerprint density at radius 1 is 1.20 bits per heavy atom. The molecule has 0 unspecified atom stereocenters. The number of aromatic carboxylic acids is 1. The van der Waals surface area contributed by atoms with Crippen LogP contribution in [0.15, 0.2) is 45.8 Å². The largest absolute Gasteiger partial charge is 0.478 e. The first-order valence-corrected chi connectivity index (χ1v) is 6.48. The van der Waals surface area contributed by atoms with Crippen molar-refractivity contribution in [3.05, 3.63) is 61.7 Å². The Hall–Kier alpha value is -2.16. The fraction of sp³-hybridized carbons (Fsp3) is 0. The summed E-state index contributed by atoms with van der Waals surface area (Å²) in [6.07, 6.45) is 1.02. The van der Waals surface area contributed by atoms with Crippen LogP contribution in [0.3, 0.4) is 0 Å². The normalized spacial score (nSPS) is 10.1. The number of rotatable bonds is 3. The molecule has 102 valence electrons. The zero-order valence-corrected chi connectivity index (χ0v) is 12.1. The van der Waals surface area contributed by atoms with Crippen LogP contribution in [-0.2, 0) is 0 Å². The molecule has 7 heteroatoms. The monoisotopic (exact) mass is 385 g/mol. The molecule has 6 nitrogen and oxygen atoms in total. The highest BCUT2D eigenvalue weighted by molar-refractivity contribution is 14.1. The Morgan fingerprint density at radius 2 is 1.95 bits per heavy atom. The third kappa shape index (κ3) is 3.23. The van der Waals surface area contributed by atoms with E-state index in [0.717, 1.165) is 15.9 Å². The highest BCUT2D eigenvalue weighted by Crippen LogP contribution is 2.19. The number of carbonyl (C=O) groups excluding carboxylic acids is 1. The van der Waals surface area contributed by atoms with Crippen LogP contribution in [0.1, 0.15) is 20.7 Å². The van der Waals surface area contributed by atoms with Gasteiger partial charge in [-0.05, 0) is 46.9 Å². The lowest BCUT2D eigenvalue weighted by Gasteiger charge is -2.08. The fourth-order valence-electron chi connectivity index (χ4n) is 1.48. The van der Waals surface area contributed by atoms with E-state index in [9.17, 15) is 14.4 Å². The van der Waals surface area contributed by atoms with Gasteiger partial charge in [-0.25, -0.2) is 9.59 Å². The third-order valence-corrected chi connectivity index (χ3v) is 3.09. The molecule has 2 aromatic rings. The van der Waals surface area contributed by atoms with Crippen LogP contribution in [0, 0.1) is 3.57 Å². The van der Waals surface area contributed by atoms with Crippen molar-refractivity contribution in [2.75, 3.05) is 5.32 Å². The molecular formula is C13H8INO5. The van der Waals surface area contributed by atoms with Crippen molar-refractivity contribution in [1.82, 2.24) is 0 Å². The minimum absolute atomic E-state index is 0.0115. The summed E-state index contributed by atoms with van der Waals surface area (Å²) < 4.78 is 5.32. The van der Waals surface area contributed by atoms with Gasteiger partial charge in [0.2, 0.25) is 0 Å². The number of halogens is 1. The van der Waals surface area contributed by atoms with Crippen LogP contribution in [0.25, 0.3) is 0 Å². The molecule has 0 fully saturated rings. The van der Waals surface area contributed by atoms with Gasteiger partial charge in [-0.1, -0.05) is 0 Å². The van der Waals surface area contributed by atoms with Gasteiger partial charge in [-0.15, -0.1) is 0 Å². The number of benzene rings is 1. The Kier molecular flexibility index (Phi) is 4.18. The first-order chi connectivity index (χ1) is 9.47. The van der Waals surface area contributed by atoms with E-state index in [2.05, 4.69) is 9.73 Å². The quantitative estimate of drug-likeness (QED) is 0.790. The summed E-state index contributed by atoms with van der Waals surface area (Å²) in [7, 11) is 0. The van der Waals surface area contributed by atoms with Gasteiger partial charge >= 0.3 is 11.6 Å². The second-order valence-electron chi connectivity index (χ2n) is 3.79. The van der Waals surface area contributed by atoms with Gasteiger partial charge in [-0.2, -0.15) is 0 Å². The molecule has 1 aromatic heterocycles. The highest BCUT2D eigenvalue weighted by atomic mass is 127. The highest BCUT2D eigenvalue weighted by Gasteiger charge is 2.14. The number of hydrogen-bond acceptors (Lipinski definition) is 4. The van der Waals surface area contributed by atoms with Crippen molar-refractivity contribution >= 4 is 40.2 Å². The average molecular weight is 385 g/mol. The summed E-state index contributed by atoms with van der Waals surface area (Å²) in [4.78, 5) is 33.8. The summed E-state index contributed by atoms with van der Waals surface area (Å²) >= 11 is 1.98. The predicted octanol–water partition coefficient (Wildman–Crippen LogP) is 2.19. The van der Waals surface area contributed by atoms with Crippen molar-refractivity contribution < 1.29 is 19.1 Å². The molecule has 0 atom stereocenters. The SMILES string of the molecule is O=C(Nc1ccc(I)cc1C(=O)O)c1ccc(=O)oc1. The van der Waals surface area contributed by atoms with Gasteiger partial charge in [-0.3, -0.25) is 4.79 Å². The number of anilines is 1.